The Labute approximate surface area is 119 Å². The van der Waals surface area contributed by atoms with E-state index >= 15 is 0 Å². The molecule has 1 aromatic rings. The van der Waals surface area contributed by atoms with E-state index in [2.05, 4.69) is 11.4 Å². The average Bonchev–Trinajstić information content (AvgIpc) is 2.36. The lowest BCUT2D eigenvalue weighted by Crippen LogP contribution is -2.44. The van der Waals surface area contributed by atoms with Crippen molar-refractivity contribution in [3.63, 3.8) is 0 Å². The van der Waals surface area contributed by atoms with E-state index in [1.165, 1.54) is 0 Å². The third-order valence-corrected chi connectivity index (χ3v) is 2.54. The van der Waals surface area contributed by atoms with Crippen LogP contribution >= 0.6 is 0 Å². The minimum Gasteiger partial charge on any atom is -0.444 e. The van der Waals surface area contributed by atoms with E-state index < -0.39 is 11.7 Å². The highest BCUT2D eigenvalue weighted by Crippen LogP contribution is 2.09. The minimum absolute atomic E-state index is 0.223. The zero-order valence-corrected chi connectivity index (χ0v) is 12.1. The molecule has 0 aliphatic rings. The number of rotatable bonds is 4. The van der Waals surface area contributed by atoms with Gasteiger partial charge in [0, 0.05) is 12.6 Å². The van der Waals surface area contributed by atoms with E-state index in [1.54, 1.807) is 32.9 Å². The van der Waals surface area contributed by atoms with Gasteiger partial charge < -0.3 is 15.8 Å². The van der Waals surface area contributed by atoms with Gasteiger partial charge in [0.2, 0.25) is 0 Å². The molecule has 1 aromatic carbocycles. The number of nitrogens with two attached hydrogens (primary N) is 1. The average molecular weight is 275 g/mol. The first kappa shape index (κ1) is 16.0. The van der Waals surface area contributed by atoms with Crippen LogP contribution in [0.1, 0.15) is 31.9 Å². The lowest BCUT2D eigenvalue weighted by Gasteiger charge is -2.23. The van der Waals surface area contributed by atoms with E-state index in [4.69, 9.17) is 15.7 Å². The molecule has 0 fully saturated rings. The van der Waals surface area contributed by atoms with Gasteiger partial charge in [-0.1, -0.05) is 12.1 Å². The Kier molecular flexibility index (Phi) is 5.53. The first-order chi connectivity index (χ1) is 9.34. The highest BCUT2D eigenvalue weighted by molar-refractivity contribution is 5.68. The quantitative estimate of drug-likeness (QED) is 0.879. The summed E-state index contributed by atoms with van der Waals surface area (Å²) in [6.07, 6.45) is 0.0787. The Balaban J connectivity index is 2.63. The van der Waals surface area contributed by atoms with Gasteiger partial charge in [0.05, 0.1) is 11.6 Å². The summed E-state index contributed by atoms with van der Waals surface area (Å²) in [7, 11) is 0. The topological polar surface area (TPSA) is 88.1 Å². The van der Waals surface area contributed by atoms with Crippen molar-refractivity contribution < 1.29 is 9.53 Å². The standard InChI is InChI=1S/C15H21N3O2/c1-15(2,3)20-14(19)18-13(10-17)8-11-5-4-6-12(7-11)9-16/h4-7,13H,8,10,17H2,1-3H3,(H,18,19). The first-order valence-corrected chi connectivity index (χ1v) is 6.52. The van der Waals surface area contributed by atoms with Crippen molar-refractivity contribution in [2.75, 3.05) is 6.54 Å². The summed E-state index contributed by atoms with van der Waals surface area (Å²) in [5, 5.41) is 11.6. The van der Waals surface area contributed by atoms with Gasteiger partial charge in [-0.05, 0) is 44.9 Å². The molecule has 0 saturated heterocycles. The Morgan fingerprint density at radius 3 is 2.75 bits per heavy atom. The molecular weight excluding hydrogens is 254 g/mol. The molecule has 1 unspecified atom stereocenters. The highest BCUT2D eigenvalue weighted by Gasteiger charge is 2.19. The second kappa shape index (κ2) is 6.92. The molecule has 0 saturated carbocycles. The van der Waals surface area contributed by atoms with Crippen molar-refractivity contribution in [1.82, 2.24) is 5.32 Å². The molecule has 0 aliphatic heterocycles. The summed E-state index contributed by atoms with van der Waals surface area (Å²) in [6, 6.07) is 9.11. The largest absolute Gasteiger partial charge is 0.444 e. The van der Waals surface area contributed by atoms with Gasteiger partial charge in [0.1, 0.15) is 5.60 Å². The van der Waals surface area contributed by atoms with Crippen LogP contribution in [0.3, 0.4) is 0 Å². The van der Waals surface area contributed by atoms with Crippen molar-refractivity contribution in [3.05, 3.63) is 35.4 Å². The Hall–Kier alpha value is -2.06. The summed E-state index contributed by atoms with van der Waals surface area (Å²) < 4.78 is 5.19. The van der Waals surface area contributed by atoms with E-state index in [9.17, 15) is 4.79 Å². The molecule has 20 heavy (non-hydrogen) atoms. The lowest BCUT2D eigenvalue weighted by atomic mass is 10.0. The normalized spacial score (nSPS) is 12.3. The van der Waals surface area contributed by atoms with E-state index in [0.29, 0.717) is 18.5 Å². The molecule has 0 aromatic heterocycles. The number of nitriles is 1. The third-order valence-electron chi connectivity index (χ3n) is 2.54. The van der Waals surface area contributed by atoms with Crippen molar-refractivity contribution in [2.45, 2.75) is 38.8 Å². The van der Waals surface area contributed by atoms with Gasteiger partial charge in [0.25, 0.3) is 0 Å². The molecule has 0 spiro atoms. The summed E-state index contributed by atoms with van der Waals surface area (Å²) in [5.41, 5.74) is 6.68. The summed E-state index contributed by atoms with van der Waals surface area (Å²) in [4.78, 5) is 11.7. The second-order valence-electron chi connectivity index (χ2n) is 5.60. The zero-order valence-electron chi connectivity index (χ0n) is 12.1. The number of amides is 1. The SMILES string of the molecule is CC(C)(C)OC(=O)NC(CN)Cc1cccc(C#N)c1. The predicted molar refractivity (Wildman–Crippen MR) is 77.1 cm³/mol. The van der Waals surface area contributed by atoms with Gasteiger partial charge in [-0.25, -0.2) is 4.79 Å². The Morgan fingerprint density at radius 2 is 2.20 bits per heavy atom. The highest BCUT2D eigenvalue weighted by atomic mass is 16.6. The summed E-state index contributed by atoms with van der Waals surface area (Å²) in [5.74, 6) is 0. The van der Waals surface area contributed by atoms with Crippen LogP contribution in [0, 0.1) is 11.3 Å². The molecule has 5 heteroatoms. The van der Waals surface area contributed by atoms with Gasteiger partial charge >= 0.3 is 6.09 Å². The fourth-order valence-electron chi connectivity index (χ4n) is 1.72. The van der Waals surface area contributed by atoms with Crippen LogP contribution in [0.5, 0.6) is 0 Å². The third kappa shape index (κ3) is 5.72. The predicted octanol–water partition coefficient (Wildman–Crippen LogP) is 1.95. The maximum atomic E-state index is 11.7. The van der Waals surface area contributed by atoms with Gasteiger partial charge in [-0.15, -0.1) is 0 Å². The van der Waals surface area contributed by atoms with E-state index in [1.807, 2.05) is 12.1 Å². The van der Waals surface area contributed by atoms with Crippen molar-refractivity contribution in [2.24, 2.45) is 5.73 Å². The molecule has 5 nitrogen and oxygen atoms in total. The number of carbonyl (C=O) groups excluding carboxylic acids is 1. The van der Waals surface area contributed by atoms with Crippen molar-refractivity contribution in [1.29, 1.82) is 5.26 Å². The fraction of sp³-hybridized carbons (Fsp3) is 0.467. The molecule has 108 valence electrons. The number of hydrogen-bond acceptors (Lipinski definition) is 4. The first-order valence-electron chi connectivity index (χ1n) is 6.52. The number of nitrogens with one attached hydrogen (secondary N) is 1. The number of carbonyl (C=O) groups is 1. The minimum atomic E-state index is -0.538. The molecule has 1 amide bonds. The van der Waals surface area contributed by atoms with Gasteiger partial charge in [0.15, 0.2) is 0 Å². The van der Waals surface area contributed by atoms with Crippen LogP contribution in [0.15, 0.2) is 24.3 Å². The number of hydrogen-bond donors (Lipinski definition) is 2. The molecule has 1 rings (SSSR count). The number of benzene rings is 1. The smallest absolute Gasteiger partial charge is 0.407 e. The van der Waals surface area contributed by atoms with E-state index in [-0.39, 0.29) is 6.04 Å². The van der Waals surface area contributed by atoms with Crippen LogP contribution in [0.2, 0.25) is 0 Å². The lowest BCUT2D eigenvalue weighted by molar-refractivity contribution is 0.0506. The number of ether oxygens (including phenoxy) is 1. The maximum Gasteiger partial charge on any atom is 0.407 e. The summed E-state index contributed by atoms with van der Waals surface area (Å²) >= 11 is 0. The molecular formula is C15H21N3O2. The van der Waals surface area contributed by atoms with Crippen molar-refractivity contribution in [3.8, 4) is 6.07 Å². The van der Waals surface area contributed by atoms with Gasteiger partial charge in [-0.3, -0.25) is 0 Å². The number of alkyl carbamates (subject to hydrolysis) is 1. The van der Waals surface area contributed by atoms with Crippen LogP contribution in [0.4, 0.5) is 4.79 Å². The van der Waals surface area contributed by atoms with Crippen LogP contribution in [-0.4, -0.2) is 24.3 Å². The van der Waals surface area contributed by atoms with Crippen molar-refractivity contribution >= 4 is 6.09 Å². The monoisotopic (exact) mass is 275 g/mol. The molecule has 1 atom stereocenters. The van der Waals surface area contributed by atoms with Crippen LogP contribution < -0.4 is 11.1 Å². The number of nitrogens with zero attached hydrogens (tertiary/aromatic N) is 1. The van der Waals surface area contributed by atoms with E-state index in [0.717, 1.165) is 5.56 Å². The fourth-order valence-corrected chi connectivity index (χ4v) is 1.72. The zero-order chi connectivity index (χ0) is 15.2. The molecule has 0 bridgehead atoms. The Morgan fingerprint density at radius 1 is 1.50 bits per heavy atom. The van der Waals surface area contributed by atoms with Crippen LogP contribution in [-0.2, 0) is 11.2 Å². The Bertz CT molecular complexity index is 501. The second-order valence-corrected chi connectivity index (χ2v) is 5.60. The van der Waals surface area contributed by atoms with Crippen LogP contribution in [0.25, 0.3) is 0 Å². The molecule has 3 N–H and O–H groups in total. The summed E-state index contributed by atoms with van der Waals surface area (Å²) in [6.45, 7) is 5.72. The molecule has 0 heterocycles. The van der Waals surface area contributed by atoms with Gasteiger partial charge in [-0.2, -0.15) is 5.26 Å². The molecule has 0 aliphatic carbocycles. The molecule has 0 radical (unpaired) electrons. The maximum absolute atomic E-state index is 11.7.